The van der Waals surface area contributed by atoms with Crippen LogP contribution in [0.3, 0.4) is 0 Å². The Kier molecular flexibility index (Phi) is 8.36. The highest BCUT2D eigenvalue weighted by atomic mass is 79.9. The maximum Gasteiger partial charge on any atom is 0.276 e. The standard InChI is InChI=1S/C19H18Br2N4O5/c1-11-6-17(16(21)9-15(11)20)30-10-19(27)24-23-12(2)7-18(26)22-13-4-3-5-14(8-13)25(28)29/h3-6,8-9,23H,2,7,10H2,1H3,(H,22,26)(H,24,27). The van der Waals surface area contributed by atoms with Crippen molar-refractivity contribution in [3.05, 3.63) is 73.3 Å². The van der Waals surface area contributed by atoms with E-state index in [-0.39, 0.29) is 30.1 Å². The fourth-order valence-electron chi connectivity index (χ4n) is 2.22. The summed E-state index contributed by atoms with van der Waals surface area (Å²) in [5.74, 6) is -0.406. The van der Waals surface area contributed by atoms with Crippen LogP contribution >= 0.6 is 31.9 Å². The van der Waals surface area contributed by atoms with Crippen LogP contribution in [0.1, 0.15) is 12.0 Å². The molecule has 0 aliphatic rings. The minimum absolute atomic E-state index is 0.135. The first-order chi connectivity index (χ1) is 14.2. The lowest BCUT2D eigenvalue weighted by Gasteiger charge is -2.13. The first-order valence-corrected chi connectivity index (χ1v) is 10.1. The van der Waals surface area contributed by atoms with E-state index in [4.69, 9.17) is 4.74 Å². The Labute approximate surface area is 189 Å². The van der Waals surface area contributed by atoms with Crippen molar-refractivity contribution >= 4 is 55.0 Å². The van der Waals surface area contributed by atoms with Gasteiger partial charge in [0.15, 0.2) is 6.61 Å². The van der Waals surface area contributed by atoms with Gasteiger partial charge in [-0.15, -0.1) is 0 Å². The molecule has 3 N–H and O–H groups in total. The molecule has 9 nitrogen and oxygen atoms in total. The molecular weight excluding hydrogens is 524 g/mol. The van der Waals surface area contributed by atoms with Crippen LogP contribution in [0.2, 0.25) is 0 Å². The van der Waals surface area contributed by atoms with Crippen LogP contribution in [-0.4, -0.2) is 23.3 Å². The number of rotatable bonds is 9. The van der Waals surface area contributed by atoms with E-state index < -0.39 is 16.7 Å². The summed E-state index contributed by atoms with van der Waals surface area (Å²) in [4.78, 5) is 34.2. The van der Waals surface area contributed by atoms with E-state index in [0.29, 0.717) is 10.2 Å². The molecule has 0 heterocycles. The van der Waals surface area contributed by atoms with E-state index in [0.717, 1.165) is 10.0 Å². The molecular formula is C19H18Br2N4O5. The minimum atomic E-state index is -0.554. The van der Waals surface area contributed by atoms with Crippen molar-refractivity contribution in [2.75, 3.05) is 11.9 Å². The summed E-state index contributed by atoms with van der Waals surface area (Å²) in [7, 11) is 0. The number of benzene rings is 2. The van der Waals surface area contributed by atoms with E-state index in [1.54, 1.807) is 6.07 Å². The number of nitro benzene ring substituents is 1. The molecule has 0 unspecified atom stereocenters. The number of carbonyl (C=O) groups is 2. The summed E-state index contributed by atoms with van der Waals surface area (Å²) < 4.78 is 7.08. The second kappa shape index (κ2) is 10.7. The number of halogens is 2. The maximum absolute atomic E-state index is 12.0. The number of ether oxygens (including phenoxy) is 1. The Balaban J connectivity index is 1.76. The zero-order valence-electron chi connectivity index (χ0n) is 15.8. The summed E-state index contributed by atoms with van der Waals surface area (Å²) in [6, 6.07) is 9.17. The first kappa shape index (κ1) is 23.4. The highest BCUT2D eigenvalue weighted by Crippen LogP contribution is 2.31. The number of amides is 2. The van der Waals surface area contributed by atoms with Crippen molar-refractivity contribution in [3.63, 3.8) is 0 Å². The van der Waals surface area contributed by atoms with Crippen molar-refractivity contribution in [2.24, 2.45) is 0 Å². The van der Waals surface area contributed by atoms with E-state index in [1.807, 2.05) is 13.0 Å². The summed E-state index contributed by atoms with van der Waals surface area (Å²) >= 11 is 6.77. The average molecular weight is 542 g/mol. The predicted molar refractivity (Wildman–Crippen MR) is 119 cm³/mol. The van der Waals surface area contributed by atoms with Crippen molar-refractivity contribution in [1.29, 1.82) is 0 Å². The van der Waals surface area contributed by atoms with Crippen LogP contribution in [0.15, 0.2) is 57.6 Å². The highest BCUT2D eigenvalue weighted by Gasteiger charge is 2.11. The average Bonchev–Trinajstić information content (AvgIpc) is 2.68. The van der Waals surface area contributed by atoms with Gasteiger partial charge in [0.05, 0.1) is 15.8 Å². The molecule has 0 saturated heterocycles. The van der Waals surface area contributed by atoms with Crippen molar-refractivity contribution < 1.29 is 19.2 Å². The summed E-state index contributed by atoms with van der Waals surface area (Å²) in [6.07, 6.45) is -0.152. The van der Waals surface area contributed by atoms with Gasteiger partial charge in [0, 0.05) is 28.0 Å². The first-order valence-electron chi connectivity index (χ1n) is 8.51. The molecule has 158 valence electrons. The monoisotopic (exact) mass is 540 g/mol. The van der Waals surface area contributed by atoms with Gasteiger partial charge < -0.3 is 15.5 Å². The topological polar surface area (TPSA) is 123 Å². The van der Waals surface area contributed by atoms with Gasteiger partial charge in [0.1, 0.15) is 5.75 Å². The van der Waals surface area contributed by atoms with Gasteiger partial charge in [0.2, 0.25) is 5.91 Å². The number of nitrogens with zero attached hydrogens (tertiary/aromatic N) is 1. The number of hydrogen-bond acceptors (Lipinski definition) is 6. The Bertz CT molecular complexity index is 997. The van der Waals surface area contributed by atoms with Gasteiger partial charge in [0.25, 0.3) is 11.6 Å². The van der Waals surface area contributed by atoms with Crippen molar-refractivity contribution in [1.82, 2.24) is 10.9 Å². The van der Waals surface area contributed by atoms with E-state index in [9.17, 15) is 19.7 Å². The normalized spacial score (nSPS) is 10.1. The molecule has 2 aromatic rings. The molecule has 0 radical (unpaired) electrons. The van der Waals surface area contributed by atoms with Gasteiger partial charge in [-0.2, -0.15) is 0 Å². The summed E-state index contributed by atoms with van der Waals surface area (Å²) in [5, 5.41) is 13.3. The predicted octanol–water partition coefficient (Wildman–Crippen LogP) is 3.97. The fourth-order valence-corrected chi connectivity index (χ4v) is 3.33. The maximum atomic E-state index is 12.0. The lowest BCUT2D eigenvalue weighted by molar-refractivity contribution is -0.384. The number of nitrogens with one attached hydrogen (secondary N) is 3. The lowest BCUT2D eigenvalue weighted by atomic mass is 10.2. The van der Waals surface area contributed by atoms with Crippen LogP contribution in [0.4, 0.5) is 11.4 Å². The van der Waals surface area contributed by atoms with E-state index in [2.05, 4.69) is 54.6 Å². The number of anilines is 1. The van der Waals surface area contributed by atoms with Crippen LogP contribution in [0.5, 0.6) is 5.75 Å². The number of hydrazine groups is 1. The van der Waals surface area contributed by atoms with E-state index in [1.165, 1.54) is 24.3 Å². The van der Waals surface area contributed by atoms with Gasteiger partial charge >= 0.3 is 0 Å². The quantitative estimate of drug-likeness (QED) is 0.326. The number of aryl methyl sites for hydroxylation is 1. The Morgan fingerprint density at radius 1 is 1.13 bits per heavy atom. The van der Waals surface area contributed by atoms with Crippen LogP contribution in [-0.2, 0) is 9.59 Å². The molecule has 11 heteroatoms. The third kappa shape index (κ3) is 7.16. The van der Waals surface area contributed by atoms with Gasteiger partial charge in [-0.05, 0) is 46.6 Å². The van der Waals surface area contributed by atoms with Gasteiger partial charge in [-0.25, -0.2) is 0 Å². The largest absolute Gasteiger partial charge is 0.483 e. The Hall–Kier alpha value is -2.92. The lowest BCUT2D eigenvalue weighted by Crippen LogP contribution is -2.40. The number of carbonyl (C=O) groups excluding carboxylic acids is 2. The Morgan fingerprint density at radius 3 is 2.57 bits per heavy atom. The summed E-state index contributed by atoms with van der Waals surface area (Å²) in [5.41, 5.74) is 6.26. The summed E-state index contributed by atoms with van der Waals surface area (Å²) in [6.45, 7) is 5.31. The van der Waals surface area contributed by atoms with Crippen LogP contribution in [0, 0.1) is 17.0 Å². The van der Waals surface area contributed by atoms with Gasteiger partial charge in [-0.1, -0.05) is 28.6 Å². The third-order valence-corrected chi connectivity index (χ3v) is 5.14. The molecule has 0 spiro atoms. The zero-order chi connectivity index (χ0) is 22.3. The zero-order valence-corrected chi connectivity index (χ0v) is 19.0. The fraction of sp³-hybridized carbons (Fsp3) is 0.158. The molecule has 0 bridgehead atoms. The molecule has 0 aliphatic carbocycles. The molecule has 0 fully saturated rings. The van der Waals surface area contributed by atoms with Crippen LogP contribution < -0.4 is 20.9 Å². The molecule has 2 rings (SSSR count). The SMILES string of the molecule is C=C(CC(=O)Nc1cccc([N+](=O)[O-])c1)NNC(=O)COc1cc(C)c(Br)cc1Br. The van der Waals surface area contributed by atoms with E-state index >= 15 is 0 Å². The Morgan fingerprint density at radius 2 is 1.87 bits per heavy atom. The molecule has 2 aromatic carbocycles. The highest BCUT2D eigenvalue weighted by molar-refractivity contribution is 9.11. The molecule has 0 aliphatic heterocycles. The molecule has 30 heavy (non-hydrogen) atoms. The van der Waals surface area contributed by atoms with Crippen molar-refractivity contribution in [2.45, 2.75) is 13.3 Å². The smallest absolute Gasteiger partial charge is 0.276 e. The molecule has 2 amide bonds. The number of hydrogen-bond donors (Lipinski definition) is 3. The van der Waals surface area contributed by atoms with Crippen LogP contribution in [0.25, 0.3) is 0 Å². The molecule has 0 saturated carbocycles. The number of nitro groups is 1. The molecule has 0 atom stereocenters. The number of non-ortho nitro benzene ring substituents is 1. The second-order valence-electron chi connectivity index (χ2n) is 6.13. The minimum Gasteiger partial charge on any atom is -0.483 e. The third-order valence-electron chi connectivity index (χ3n) is 3.67. The van der Waals surface area contributed by atoms with Gasteiger partial charge in [-0.3, -0.25) is 25.1 Å². The second-order valence-corrected chi connectivity index (χ2v) is 7.84. The molecule has 0 aromatic heterocycles. The van der Waals surface area contributed by atoms with Crippen molar-refractivity contribution in [3.8, 4) is 5.75 Å².